The zero-order chi connectivity index (χ0) is 15.4. The maximum absolute atomic E-state index is 11.4. The molecule has 0 aliphatic heterocycles. The zero-order valence-electron chi connectivity index (χ0n) is 12.3. The van der Waals surface area contributed by atoms with E-state index in [4.69, 9.17) is 4.74 Å². The lowest BCUT2D eigenvalue weighted by Crippen LogP contribution is -2.16. The first-order valence-corrected chi connectivity index (χ1v) is 7.41. The number of thiophene rings is 1. The third kappa shape index (κ3) is 4.25. The minimum Gasteiger partial charge on any atom is -0.497 e. The van der Waals surface area contributed by atoms with E-state index in [1.54, 1.807) is 18.4 Å². The molecule has 0 saturated heterocycles. The lowest BCUT2D eigenvalue weighted by Gasteiger charge is -1.97. The van der Waals surface area contributed by atoms with E-state index >= 15 is 0 Å². The average molecular weight is 348 g/mol. The first-order chi connectivity index (χ1) is 10.7. The fraction of sp³-hybridized carbons (Fsp3) is 0.125. The Kier molecular flexibility index (Phi) is 5.63. The number of H-pyrrole nitrogens is 1. The Bertz CT molecular complexity index is 884. The van der Waals surface area contributed by atoms with Crippen molar-refractivity contribution < 1.29 is 4.74 Å². The van der Waals surface area contributed by atoms with E-state index in [-0.39, 0.29) is 18.1 Å². The van der Waals surface area contributed by atoms with Crippen molar-refractivity contribution in [3.8, 4) is 17.6 Å². The molecular formula is C16H14ClN3O2S. The largest absolute Gasteiger partial charge is 0.497 e. The Labute approximate surface area is 143 Å². The van der Waals surface area contributed by atoms with Gasteiger partial charge in [0.25, 0.3) is 0 Å². The van der Waals surface area contributed by atoms with Gasteiger partial charge in [-0.3, -0.25) is 4.57 Å². The number of benzene rings is 1. The van der Waals surface area contributed by atoms with Gasteiger partial charge in [-0.1, -0.05) is 11.8 Å². The summed E-state index contributed by atoms with van der Waals surface area (Å²) in [7, 11) is 1.64. The molecule has 118 valence electrons. The van der Waals surface area contributed by atoms with E-state index in [0.717, 1.165) is 21.1 Å². The molecule has 0 bridgehead atoms. The van der Waals surface area contributed by atoms with Crippen molar-refractivity contribution in [1.29, 1.82) is 0 Å². The zero-order valence-corrected chi connectivity index (χ0v) is 13.9. The van der Waals surface area contributed by atoms with Crippen LogP contribution < -0.4 is 10.4 Å². The fourth-order valence-corrected chi connectivity index (χ4v) is 2.75. The van der Waals surface area contributed by atoms with Crippen molar-refractivity contribution in [3.05, 3.63) is 68.5 Å². The van der Waals surface area contributed by atoms with Crippen molar-refractivity contribution in [2.45, 2.75) is 6.54 Å². The Morgan fingerprint density at radius 3 is 2.65 bits per heavy atom. The number of nitrogens with zero attached hydrogens (tertiary/aromatic N) is 2. The third-order valence-electron chi connectivity index (χ3n) is 3.03. The van der Waals surface area contributed by atoms with Crippen LogP contribution in [0.2, 0.25) is 0 Å². The summed E-state index contributed by atoms with van der Waals surface area (Å²) in [5.74, 6) is 7.06. The number of hydrogen-bond donors (Lipinski definition) is 1. The molecule has 0 aliphatic rings. The summed E-state index contributed by atoms with van der Waals surface area (Å²) in [4.78, 5) is 13.4. The molecule has 0 saturated carbocycles. The monoisotopic (exact) mass is 347 g/mol. The number of hydrogen-bond acceptors (Lipinski definition) is 4. The van der Waals surface area contributed by atoms with Gasteiger partial charge in [-0.25, -0.2) is 9.89 Å². The predicted molar refractivity (Wildman–Crippen MR) is 92.5 cm³/mol. The maximum Gasteiger partial charge on any atom is 0.343 e. The lowest BCUT2D eigenvalue weighted by atomic mass is 10.2. The highest BCUT2D eigenvalue weighted by Crippen LogP contribution is 2.16. The maximum atomic E-state index is 11.4. The Morgan fingerprint density at radius 1 is 1.22 bits per heavy atom. The molecule has 2 heterocycles. The molecule has 2 aromatic heterocycles. The van der Waals surface area contributed by atoms with Crippen LogP contribution in [0.4, 0.5) is 0 Å². The molecule has 3 rings (SSSR count). The first-order valence-electron chi connectivity index (χ1n) is 6.59. The standard InChI is InChI=1S/C16H13N3O2S.ClH/c1-21-13-5-2-12(3-6-13)4-7-14-8-9-15(22-14)10-19-11-17-18-16(19)20;/h2-3,5-6,8-9,11H,10H2,1H3,(H,18,20);1H. The predicted octanol–water partition coefficient (Wildman–Crippen LogP) is 2.51. The van der Waals surface area contributed by atoms with Gasteiger partial charge in [0.2, 0.25) is 0 Å². The highest BCUT2D eigenvalue weighted by molar-refractivity contribution is 7.12. The molecular weight excluding hydrogens is 334 g/mol. The molecule has 3 aromatic rings. The smallest absolute Gasteiger partial charge is 0.343 e. The fourth-order valence-electron chi connectivity index (χ4n) is 1.89. The van der Waals surface area contributed by atoms with E-state index in [2.05, 4.69) is 22.0 Å². The Morgan fingerprint density at radius 2 is 2.00 bits per heavy atom. The molecule has 0 amide bonds. The van der Waals surface area contributed by atoms with Gasteiger partial charge in [0.05, 0.1) is 18.5 Å². The summed E-state index contributed by atoms with van der Waals surface area (Å²) in [5.41, 5.74) is 0.723. The molecule has 5 nitrogen and oxygen atoms in total. The van der Waals surface area contributed by atoms with Crippen molar-refractivity contribution in [1.82, 2.24) is 14.8 Å². The van der Waals surface area contributed by atoms with E-state index in [0.29, 0.717) is 6.54 Å². The van der Waals surface area contributed by atoms with Crippen LogP contribution in [-0.2, 0) is 6.54 Å². The first kappa shape index (κ1) is 16.9. The van der Waals surface area contributed by atoms with Crippen molar-refractivity contribution in [2.24, 2.45) is 0 Å². The van der Waals surface area contributed by atoms with Crippen LogP contribution in [0.3, 0.4) is 0 Å². The van der Waals surface area contributed by atoms with E-state index in [1.807, 2.05) is 36.4 Å². The summed E-state index contributed by atoms with van der Waals surface area (Å²) in [5, 5.41) is 6.08. The van der Waals surface area contributed by atoms with Crippen LogP contribution >= 0.6 is 23.7 Å². The van der Waals surface area contributed by atoms with Gasteiger partial charge in [0.1, 0.15) is 12.1 Å². The van der Waals surface area contributed by atoms with Gasteiger partial charge < -0.3 is 4.74 Å². The highest BCUT2D eigenvalue weighted by Gasteiger charge is 2.02. The van der Waals surface area contributed by atoms with Crippen molar-refractivity contribution in [2.75, 3.05) is 7.11 Å². The van der Waals surface area contributed by atoms with Gasteiger partial charge in [-0.2, -0.15) is 5.10 Å². The van der Waals surface area contributed by atoms with Gasteiger partial charge >= 0.3 is 5.69 Å². The summed E-state index contributed by atoms with van der Waals surface area (Å²) >= 11 is 1.57. The summed E-state index contributed by atoms with van der Waals surface area (Å²) < 4.78 is 6.63. The summed E-state index contributed by atoms with van der Waals surface area (Å²) in [6.45, 7) is 0.504. The normalized spacial score (nSPS) is 9.61. The van der Waals surface area contributed by atoms with E-state index in [9.17, 15) is 4.79 Å². The quantitative estimate of drug-likeness (QED) is 0.741. The second-order valence-corrected chi connectivity index (χ2v) is 5.70. The van der Waals surface area contributed by atoms with Crippen LogP contribution in [0, 0.1) is 11.8 Å². The van der Waals surface area contributed by atoms with Gasteiger partial charge in [0, 0.05) is 10.4 Å². The van der Waals surface area contributed by atoms with Crippen molar-refractivity contribution >= 4 is 23.7 Å². The van der Waals surface area contributed by atoms with Gasteiger partial charge in [-0.15, -0.1) is 23.7 Å². The number of rotatable bonds is 3. The summed E-state index contributed by atoms with van der Waals surface area (Å²) in [6, 6.07) is 11.5. The van der Waals surface area contributed by atoms with Gasteiger partial charge in [0.15, 0.2) is 0 Å². The van der Waals surface area contributed by atoms with Crippen LogP contribution in [0.25, 0.3) is 0 Å². The third-order valence-corrected chi connectivity index (χ3v) is 4.01. The number of nitrogens with one attached hydrogen (secondary N) is 1. The minimum atomic E-state index is -0.209. The molecule has 0 atom stereocenters. The molecule has 1 N–H and O–H groups in total. The topological polar surface area (TPSA) is 59.9 Å². The number of halogens is 1. The van der Waals surface area contributed by atoms with Crippen LogP contribution in [-0.4, -0.2) is 21.9 Å². The number of aromatic amines is 1. The Hall–Kier alpha value is -2.49. The number of aromatic nitrogens is 3. The molecule has 0 unspecified atom stereocenters. The molecule has 0 spiro atoms. The van der Waals surface area contributed by atoms with Crippen molar-refractivity contribution in [3.63, 3.8) is 0 Å². The van der Waals surface area contributed by atoms with E-state index < -0.39 is 0 Å². The molecule has 23 heavy (non-hydrogen) atoms. The number of methoxy groups -OCH3 is 1. The minimum absolute atomic E-state index is 0. The van der Waals surface area contributed by atoms with Crippen LogP contribution in [0.1, 0.15) is 15.3 Å². The molecule has 0 radical (unpaired) electrons. The second-order valence-electron chi connectivity index (χ2n) is 4.53. The van der Waals surface area contributed by atoms with Gasteiger partial charge in [-0.05, 0) is 36.4 Å². The molecule has 1 aromatic carbocycles. The van der Waals surface area contributed by atoms with Crippen LogP contribution in [0.15, 0.2) is 47.5 Å². The average Bonchev–Trinajstić information content (AvgIpc) is 3.16. The highest BCUT2D eigenvalue weighted by atomic mass is 35.5. The molecule has 7 heteroatoms. The summed E-state index contributed by atoms with van der Waals surface area (Å²) in [6.07, 6.45) is 1.49. The molecule has 0 fully saturated rings. The second kappa shape index (κ2) is 7.68. The Balaban J connectivity index is 0.00000192. The van der Waals surface area contributed by atoms with Crippen LogP contribution in [0.5, 0.6) is 5.75 Å². The SMILES string of the molecule is COc1ccc(C#Cc2ccc(Cn3cn[nH]c3=O)s2)cc1.Cl. The number of ether oxygens (including phenoxy) is 1. The molecule has 0 aliphatic carbocycles. The van der Waals surface area contributed by atoms with E-state index in [1.165, 1.54) is 10.9 Å². The lowest BCUT2D eigenvalue weighted by molar-refractivity contribution is 0.415.